The lowest BCUT2D eigenvalue weighted by atomic mass is 10.3. The Kier molecular flexibility index (Phi) is 1.63. The third-order valence-electron chi connectivity index (χ3n) is 2.02. The van der Waals surface area contributed by atoms with E-state index in [9.17, 15) is 4.79 Å². The van der Waals surface area contributed by atoms with Crippen molar-refractivity contribution in [2.45, 2.75) is 6.92 Å². The van der Waals surface area contributed by atoms with Crippen LogP contribution in [-0.2, 0) is 0 Å². The Hall–Kier alpha value is -2.11. The van der Waals surface area contributed by atoms with Crippen molar-refractivity contribution in [3.05, 3.63) is 28.3 Å². The zero-order valence-electron chi connectivity index (χ0n) is 7.53. The van der Waals surface area contributed by atoms with Crippen LogP contribution in [0.25, 0.3) is 11.2 Å². The number of pyridine rings is 1. The topological polar surface area (TPSA) is 101 Å². The highest BCUT2D eigenvalue weighted by molar-refractivity contribution is 5.89. The van der Waals surface area contributed by atoms with Gasteiger partial charge in [-0.25, -0.2) is 14.3 Å². The Balaban J connectivity index is 3.01. The standard InChI is InChI=1S/C8H9N5O/c1-4-2-3-11-6-5(4)13(7(9)10)8(14)12-6/h2-3H,1H3,(H3,9,10)(H,11,12,14). The summed E-state index contributed by atoms with van der Waals surface area (Å²) in [5.41, 5.74) is 6.72. The Morgan fingerprint density at radius 3 is 3.07 bits per heavy atom. The number of aromatic amines is 1. The molecule has 6 nitrogen and oxygen atoms in total. The van der Waals surface area contributed by atoms with Crippen molar-refractivity contribution in [3.8, 4) is 0 Å². The summed E-state index contributed by atoms with van der Waals surface area (Å²) in [7, 11) is 0. The maximum atomic E-state index is 11.4. The first-order valence-corrected chi connectivity index (χ1v) is 4.02. The van der Waals surface area contributed by atoms with Gasteiger partial charge in [0.05, 0.1) is 5.52 Å². The van der Waals surface area contributed by atoms with E-state index in [0.717, 1.165) is 10.1 Å². The van der Waals surface area contributed by atoms with Crippen LogP contribution in [0, 0.1) is 12.3 Å². The highest BCUT2D eigenvalue weighted by Gasteiger charge is 2.10. The lowest BCUT2D eigenvalue weighted by Gasteiger charge is -2.00. The van der Waals surface area contributed by atoms with Gasteiger partial charge < -0.3 is 5.73 Å². The molecule has 0 aliphatic heterocycles. The molecule has 14 heavy (non-hydrogen) atoms. The predicted octanol–water partition coefficient (Wildman–Crippen LogP) is -0.225. The number of nitrogen functional groups attached to an aromatic ring is 1. The van der Waals surface area contributed by atoms with Crippen molar-refractivity contribution in [1.29, 1.82) is 5.41 Å². The van der Waals surface area contributed by atoms with Crippen LogP contribution in [-0.4, -0.2) is 20.5 Å². The lowest BCUT2D eigenvalue weighted by Crippen LogP contribution is -2.30. The number of hydrogen-bond acceptors (Lipinski definition) is 3. The minimum absolute atomic E-state index is 0.308. The molecule has 0 spiro atoms. The van der Waals surface area contributed by atoms with Gasteiger partial charge >= 0.3 is 5.69 Å². The van der Waals surface area contributed by atoms with Crippen molar-refractivity contribution in [2.24, 2.45) is 5.73 Å². The van der Waals surface area contributed by atoms with Crippen molar-refractivity contribution in [1.82, 2.24) is 14.5 Å². The molecule has 0 aliphatic carbocycles. The van der Waals surface area contributed by atoms with Gasteiger partial charge in [0.25, 0.3) is 0 Å². The molecule has 2 aromatic rings. The maximum Gasteiger partial charge on any atom is 0.334 e. The van der Waals surface area contributed by atoms with E-state index in [1.807, 2.05) is 6.92 Å². The fourth-order valence-electron chi connectivity index (χ4n) is 1.41. The largest absolute Gasteiger partial charge is 0.369 e. The second-order valence-corrected chi connectivity index (χ2v) is 2.98. The minimum Gasteiger partial charge on any atom is -0.369 e. The number of aryl methyl sites for hydroxylation is 1. The Morgan fingerprint density at radius 1 is 1.71 bits per heavy atom. The number of H-pyrrole nitrogens is 1. The monoisotopic (exact) mass is 191 g/mol. The van der Waals surface area contributed by atoms with E-state index in [4.69, 9.17) is 11.1 Å². The molecule has 0 atom stereocenters. The van der Waals surface area contributed by atoms with E-state index >= 15 is 0 Å². The van der Waals surface area contributed by atoms with E-state index in [2.05, 4.69) is 9.97 Å². The van der Waals surface area contributed by atoms with Crippen molar-refractivity contribution < 1.29 is 0 Å². The van der Waals surface area contributed by atoms with Gasteiger partial charge in [-0.1, -0.05) is 0 Å². The quantitative estimate of drug-likeness (QED) is 0.396. The first-order chi connectivity index (χ1) is 6.61. The molecule has 0 aromatic carbocycles. The molecule has 0 fully saturated rings. The molecule has 0 saturated carbocycles. The number of fused-ring (bicyclic) bond motifs is 1. The van der Waals surface area contributed by atoms with Crippen LogP contribution < -0.4 is 11.4 Å². The summed E-state index contributed by atoms with van der Waals surface area (Å²) < 4.78 is 1.09. The Bertz CT molecular complexity index is 565. The van der Waals surface area contributed by atoms with Crippen LogP contribution >= 0.6 is 0 Å². The maximum absolute atomic E-state index is 11.4. The second-order valence-electron chi connectivity index (χ2n) is 2.98. The van der Waals surface area contributed by atoms with Crippen molar-refractivity contribution >= 4 is 17.1 Å². The molecule has 72 valence electrons. The highest BCUT2D eigenvalue weighted by atomic mass is 16.1. The number of nitrogens with one attached hydrogen (secondary N) is 2. The molecule has 2 heterocycles. The predicted molar refractivity (Wildman–Crippen MR) is 52.4 cm³/mol. The average Bonchev–Trinajstić information content (AvgIpc) is 2.42. The van der Waals surface area contributed by atoms with Crippen LogP contribution in [0.5, 0.6) is 0 Å². The summed E-state index contributed by atoms with van der Waals surface area (Å²) in [5.74, 6) is -0.308. The molecule has 0 radical (unpaired) electrons. The van der Waals surface area contributed by atoms with E-state index in [1.54, 1.807) is 12.3 Å². The van der Waals surface area contributed by atoms with E-state index in [-0.39, 0.29) is 5.96 Å². The summed E-state index contributed by atoms with van der Waals surface area (Å²) in [4.78, 5) is 17.9. The fourth-order valence-corrected chi connectivity index (χ4v) is 1.41. The van der Waals surface area contributed by atoms with Gasteiger partial charge in [-0.05, 0) is 18.6 Å². The zero-order chi connectivity index (χ0) is 10.3. The van der Waals surface area contributed by atoms with Gasteiger partial charge in [0.15, 0.2) is 5.65 Å². The molecule has 6 heteroatoms. The van der Waals surface area contributed by atoms with Gasteiger partial charge in [0, 0.05) is 6.20 Å². The summed E-state index contributed by atoms with van der Waals surface area (Å²) in [6.45, 7) is 1.83. The molecule has 0 unspecified atom stereocenters. The molecular weight excluding hydrogens is 182 g/mol. The van der Waals surface area contributed by atoms with Gasteiger partial charge in [-0.2, -0.15) is 0 Å². The van der Waals surface area contributed by atoms with Gasteiger partial charge in [0.2, 0.25) is 5.96 Å². The van der Waals surface area contributed by atoms with Crippen LogP contribution in [0.3, 0.4) is 0 Å². The molecular formula is C8H9N5O. The van der Waals surface area contributed by atoms with Crippen molar-refractivity contribution in [2.75, 3.05) is 0 Å². The van der Waals surface area contributed by atoms with E-state index in [1.165, 1.54) is 0 Å². The number of hydrogen-bond donors (Lipinski definition) is 3. The molecule has 4 N–H and O–H groups in total. The molecule has 0 bridgehead atoms. The number of imidazole rings is 1. The minimum atomic E-state index is -0.436. The number of rotatable bonds is 0. The number of nitrogens with zero attached hydrogens (tertiary/aromatic N) is 2. The van der Waals surface area contributed by atoms with Gasteiger partial charge in [-0.3, -0.25) is 10.4 Å². The molecule has 0 saturated heterocycles. The highest BCUT2D eigenvalue weighted by Crippen LogP contribution is 2.10. The fraction of sp³-hybridized carbons (Fsp3) is 0.125. The molecule has 2 aromatic heterocycles. The summed E-state index contributed by atoms with van der Waals surface area (Å²) in [6.07, 6.45) is 1.60. The molecule has 0 amide bonds. The van der Waals surface area contributed by atoms with E-state index < -0.39 is 5.69 Å². The van der Waals surface area contributed by atoms with Crippen LogP contribution in [0.4, 0.5) is 0 Å². The van der Waals surface area contributed by atoms with Crippen LogP contribution in [0.1, 0.15) is 5.56 Å². The molecule has 2 rings (SSSR count). The average molecular weight is 191 g/mol. The smallest absolute Gasteiger partial charge is 0.334 e. The van der Waals surface area contributed by atoms with Gasteiger partial charge in [0.1, 0.15) is 0 Å². The molecule has 0 aliphatic rings. The first-order valence-electron chi connectivity index (χ1n) is 4.02. The second kappa shape index (κ2) is 2.69. The summed E-state index contributed by atoms with van der Waals surface area (Å²) >= 11 is 0. The third kappa shape index (κ3) is 1.00. The van der Waals surface area contributed by atoms with Crippen molar-refractivity contribution in [3.63, 3.8) is 0 Å². The third-order valence-corrected chi connectivity index (χ3v) is 2.02. The Labute approximate surface area is 78.9 Å². The summed E-state index contributed by atoms with van der Waals surface area (Å²) in [6, 6.07) is 1.76. The van der Waals surface area contributed by atoms with E-state index in [0.29, 0.717) is 11.2 Å². The Morgan fingerprint density at radius 2 is 2.43 bits per heavy atom. The number of aromatic nitrogens is 3. The summed E-state index contributed by atoms with van der Waals surface area (Å²) in [5, 5.41) is 7.26. The lowest BCUT2D eigenvalue weighted by molar-refractivity contribution is 1.04. The zero-order valence-corrected chi connectivity index (χ0v) is 7.53. The van der Waals surface area contributed by atoms with Crippen LogP contribution in [0.15, 0.2) is 17.1 Å². The van der Waals surface area contributed by atoms with Gasteiger partial charge in [-0.15, -0.1) is 0 Å². The van der Waals surface area contributed by atoms with Crippen LogP contribution in [0.2, 0.25) is 0 Å². The number of nitrogens with two attached hydrogens (primary N) is 1. The normalized spacial score (nSPS) is 10.6. The SMILES string of the molecule is Cc1ccnc2[nH]c(=O)n(C(=N)N)c12. The first kappa shape index (κ1) is 8.49.